The van der Waals surface area contributed by atoms with Crippen molar-refractivity contribution in [3.8, 4) is 11.3 Å². The largest absolute Gasteiger partial charge is 0.382 e. The molecule has 3 heterocycles. The van der Waals surface area contributed by atoms with E-state index in [0.717, 1.165) is 73.6 Å². The van der Waals surface area contributed by atoms with Crippen LogP contribution in [0.3, 0.4) is 0 Å². The van der Waals surface area contributed by atoms with Gasteiger partial charge in [0, 0.05) is 45.5 Å². The Hall–Kier alpha value is -2.83. The maximum absolute atomic E-state index is 11.6. The van der Waals surface area contributed by atoms with Crippen molar-refractivity contribution < 1.29 is 4.79 Å². The van der Waals surface area contributed by atoms with Crippen LogP contribution in [0.4, 0.5) is 5.69 Å². The van der Waals surface area contributed by atoms with Crippen LogP contribution in [-0.4, -0.2) is 36.4 Å². The number of aryl methyl sites for hydroxylation is 1. The van der Waals surface area contributed by atoms with E-state index >= 15 is 0 Å². The van der Waals surface area contributed by atoms with Crippen LogP contribution in [0.25, 0.3) is 32.2 Å². The minimum absolute atomic E-state index is 0.398. The average molecular weight is 419 g/mol. The second-order valence-corrected chi connectivity index (χ2v) is 8.80. The summed E-state index contributed by atoms with van der Waals surface area (Å²) in [6.07, 6.45) is 0.936. The Morgan fingerprint density at radius 1 is 1.07 bits per heavy atom. The van der Waals surface area contributed by atoms with Crippen molar-refractivity contribution in [3.63, 3.8) is 0 Å². The fourth-order valence-corrected chi connectivity index (χ4v) is 4.72. The van der Waals surface area contributed by atoms with Crippen LogP contribution < -0.4 is 10.6 Å². The van der Waals surface area contributed by atoms with Gasteiger partial charge in [-0.3, -0.25) is 9.78 Å². The van der Waals surface area contributed by atoms with E-state index in [-0.39, 0.29) is 0 Å². The molecule has 0 fully saturated rings. The standard InChI is InChI=1S/C24H26N4OS/c1-14(2)18-7-5-16(15(3)27-18)19-8-6-17-20(28-19)9-10-21-23(17)24(22(13-29)30-21)26-12-11-25-4/h5-10,13-14,25-26H,11-12H2,1-4H3. The molecule has 0 bridgehead atoms. The van der Waals surface area contributed by atoms with Gasteiger partial charge >= 0.3 is 0 Å². The van der Waals surface area contributed by atoms with Gasteiger partial charge in [-0.1, -0.05) is 13.8 Å². The quantitative estimate of drug-likeness (QED) is 0.311. The number of benzene rings is 1. The molecule has 0 amide bonds. The molecule has 0 aliphatic heterocycles. The minimum Gasteiger partial charge on any atom is -0.382 e. The molecule has 0 radical (unpaired) electrons. The van der Waals surface area contributed by atoms with E-state index in [2.05, 4.69) is 54.8 Å². The lowest BCUT2D eigenvalue weighted by Crippen LogP contribution is -2.18. The molecule has 4 rings (SSSR count). The van der Waals surface area contributed by atoms with Gasteiger partial charge in [-0.15, -0.1) is 11.3 Å². The molecule has 0 unspecified atom stereocenters. The summed E-state index contributed by atoms with van der Waals surface area (Å²) in [5.41, 5.74) is 5.86. The fourth-order valence-electron chi connectivity index (χ4n) is 3.71. The average Bonchev–Trinajstić information content (AvgIpc) is 3.11. The molecule has 4 aromatic rings. The zero-order valence-corrected chi connectivity index (χ0v) is 18.6. The van der Waals surface area contributed by atoms with Crippen molar-refractivity contribution in [1.29, 1.82) is 0 Å². The number of aldehydes is 1. The van der Waals surface area contributed by atoms with Crippen molar-refractivity contribution in [1.82, 2.24) is 15.3 Å². The van der Waals surface area contributed by atoms with Crippen molar-refractivity contribution in [2.45, 2.75) is 26.7 Å². The summed E-state index contributed by atoms with van der Waals surface area (Å²) in [5, 5.41) is 8.68. The molecule has 0 atom stereocenters. The Kier molecular flexibility index (Phi) is 5.79. The summed E-state index contributed by atoms with van der Waals surface area (Å²) in [4.78, 5) is 22.1. The number of thiophene rings is 1. The van der Waals surface area contributed by atoms with Gasteiger partial charge in [-0.05, 0) is 56.3 Å². The van der Waals surface area contributed by atoms with E-state index in [9.17, 15) is 4.79 Å². The van der Waals surface area contributed by atoms with Crippen LogP contribution in [0, 0.1) is 6.92 Å². The molecular formula is C24H26N4OS. The molecule has 5 nitrogen and oxygen atoms in total. The van der Waals surface area contributed by atoms with Gasteiger partial charge in [0.1, 0.15) is 0 Å². The van der Waals surface area contributed by atoms with Gasteiger partial charge in [0.15, 0.2) is 6.29 Å². The van der Waals surface area contributed by atoms with Gasteiger partial charge in [0.25, 0.3) is 0 Å². The molecule has 0 aliphatic carbocycles. The third-order valence-corrected chi connectivity index (χ3v) is 6.39. The first-order valence-corrected chi connectivity index (χ1v) is 11.0. The number of fused-ring (bicyclic) bond motifs is 3. The zero-order chi connectivity index (χ0) is 21.3. The summed E-state index contributed by atoms with van der Waals surface area (Å²) in [5.74, 6) is 0.398. The Morgan fingerprint density at radius 2 is 1.90 bits per heavy atom. The number of aromatic nitrogens is 2. The van der Waals surface area contributed by atoms with E-state index in [1.165, 1.54) is 11.3 Å². The van der Waals surface area contributed by atoms with E-state index in [1.807, 2.05) is 20.0 Å². The summed E-state index contributed by atoms with van der Waals surface area (Å²) in [6, 6.07) is 12.5. The third-order valence-electron chi connectivity index (χ3n) is 5.31. The van der Waals surface area contributed by atoms with Crippen molar-refractivity contribution in [3.05, 3.63) is 52.7 Å². The Morgan fingerprint density at radius 3 is 2.60 bits per heavy atom. The van der Waals surface area contributed by atoms with Gasteiger partial charge < -0.3 is 10.6 Å². The van der Waals surface area contributed by atoms with Crippen molar-refractivity contribution in [2.24, 2.45) is 0 Å². The molecule has 0 saturated heterocycles. The second kappa shape index (κ2) is 8.50. The Bertz CT molecular complexity index is 1230. The first kappa shape index (κ1) is 20.4. The maximum atomic E-state index is 11.6. The molecule has 2 N–H and O–H groups in total. The maximum Gasteiger partial charge on any atom is 0.162 e. The third kappa shape index (κ3) is 3.68. The highest BCUT2D eigenvalue weighted by atomic mass is 32.1. The van der Waals surface area contributed by atoms with E-state index in [4.69, 9.17) is 9.97 Å². The van der Waals surface area contributed by atoms with Crippen LogP contribution >= 0.6 is 11.3 Å². The Labute approximate surface area is 180 Å². The molecule has 6 heteroatoms. The number of anilines is 1. The normalized spacial score (nSPS) is 11.5. The van der Waals surface area contributed by atoms with Gasteiger partial charge in [0.2, 0.25) is 0 Å². The van der Waals surface area contributed by atoms with Gasteiger partial charge in [0.05, 0.1) is 21.8 Å². The van der Waals surface area contributed by atoms with Crippen LogP contribution in [0.5, 0.6) is 0 Å². The summed E-state index contributed by atoms with van der Waals surface area (Å²) in [6.45, 7) is 7.91. The summed E-state index contributed by atoms with van der Waals surface area (Å²) in [7, 11) is 1.92. The van der Waals surface area contributed by atoms with Gasteiger partial charge in [-0.2, -0.15) is 0 Å². The molecular weight excluding hydrogens is 392 g/mol. The molecule has 30 heavy (non-hydrogen) atoms. The van der Waals surface area contributed by atoms with E-state index in [0.29, 0.717) is 5.92 Å². The number of pyridine rings is 2. The number of likely N-dealkylation sites (N-methyl/N-ethyl adjacent to an activating group) is 1. The summed E-state index contributed by atoms with van der Waals surface area (Å²) >= 11 is 1.52. The molecule has 1 aromatic carbocycles. The molecule has 0 aliphatic rings. The zero-order valence-electron chi connectivity index (χ0n) is 17.7. The minimum atomic E-state index is 0.398. The van der Waals surface area contributed by atoms with Crippen LogP contribution in [0.15, 0.2) is 36.4 Å². The molecule has 154 valence electrons. The highest BCUT2D eigenvalue weighted by Gasteiger charge is 2.16. The second-order valence-electron chi connectivity index (χ2n) is 7.72. The van der Waals surface area contributed by atoms with Crippen molar-refractivity contribution >= 4 is 44.3 Å². The molecule has 3 aromatic heterocycles. The lowest BCUT2D eigenvalue weighted by Gasteiger charge is -2.11. The van der Waals surface area contributed by atoms with E-state index < -0.39 is 0 Å². The first-order valence-electron chi connectivity index (χ1n) is 10.2. The van der Waals surface area contributed by atoms with Crippen LogP contribution in [0.1, 0.15) is 40.8 Å². The molecule has 0 saturated carbocycles. The number of hydrogen-bond acceptors (Lipinski definition) is 6. The van der Waals surface area contributed by atoms with E-state index in [1.54, 1.807) is 0 Å². The Balaban J connectivity index is 1.83. The number of rotatable bonds is 7. The van der Waals surface area contributed by atoms with Crippen LogP contribution in [0.2, 0.25) is 0 Å². The van der Waals surface area contributed by atoms with Gasteiger partial charge in [-0.25, -0.2) is 4.98 Å². The number of carbonyl (C=O) groups is 1. The van der Waals surface area contributed by atoms with Crippen LogP contribution in [-0.2, 0) is 0 Å². The molecule has 0 spiro atoms. The fraction of sp³-hybridized carbons (Fsp3) is 0.292. The van der Waals surface area contributed by atoms with Crippen molar-refractivity contribution in [2.75, 3.05) is 25.5 Å². The number of nitrogens with zero attached hydrogens (tertiary/aromatic N) is 2. The highest BCUT2D eigenvalue weighted by Crippen LogP contribution is 2.39. The topological polar surface area (TPSA) is 66.9 Å². The summed E-state index contributed by atoms with van der Waals surface area (Å²) < 4.78 is 1.09. The SMILES string of the molecule is CNCCNc1c(C=O)sc2ccc3nc(-c4ccc(C(C)C)nc4C)ccc3c12. The lowest BCUT2D eigenvalue weighted by atomic mass is 10.0. The lowest BCUT2D eigenvalue weighted by molar-refractivity contribution is 0.112. The predicted octanol–water partition coefficient (Wildman–Crippen LogP) is 5.39. The first-order chi connectivity index (χ1) is 14.5. The smallest absolute Gasteiger partial charge is 0.162 e. The monoisotopic (exact) mass is 418 g/mol. The number of carbonyl (C=O) groups excluding carboxylic acids is 1. The highest BCUT2D eigenvalue weighted by molar-refractivity contribution is 7.21. The predicted molar refractivity (Wildman–Crippen MR) is 127 cm³/mol. The number of nitrogens with one attached hydrogen (secondary N) is 2. The number of hydrogen-bond donors (Lipinski definition) is 2.